The standard InChI is InChI=1S/C17H34N2O/c1-2-17(15-20,18-16-9-10-16)11-8-14-19-12-6-4-3-5-7-13-19/h16,18,20H,2-15H2,1H3. The van der Waals surface area contributed by atoms with Gasteiger partial charge in [-0.15, -0.1) is 0 Å². The number of rotatable bonds is 8. The van der Waals surface area contributed by atoms with Crippen LogP contribution in [-0.4, -0.2) is 47.8 Å². The van der Waals surface area contributed by atoms with Crippen LogP contribution in [0.2, 0.25) is 0 Å². The lowest BCUT2D eigenvalue weighted by Crippen LogP contribution is -2.49. The average molecular weight is 282 g/mol. The van der Waals surface area contributed by atoms with E-state index in [1.165, 1.54) is 71.0 Å². The molecule has 1 unspecified atom stereocenters. The van der Waals surface area contributed by atoms with Crippen LogP contribution < -0.4 is 5.32 Å². The van der Waals surface area contributed by atoms with Crippen LogP contribution in [0, 0.1) is 0 Å². The van der Waals surface area contributed by atoms with E-state index in [9.17, 15) is 5.11 Å². The number of hydrogen-bond acceptors (Lipinski definition) is 3. The molecule has 1 aliphatic heterocycles. The van der Waals surface area contributed by atoms with Crippen LogP contribution in [0.1, 0.15) is 71.1 Å². The van der Waals surface area contributed by atoms with Crippen molar-refractivity contribution in [2.45, 2.75) is 82.7 Å². The van der Waals surface area contributed by atoms with Crippen molar-refractivity contribution >= 4 is 0 Å². The molecule has 2 N–H and O–H groups in total. The van der Waals surface area contributed by atoms with Crippen LogP contribution >= 0.6 is 0 Å². The highest BCUT2D eigenvalue weighted by molar-refractivity contribution is 4.94. The lowest BCUT2D eigenvalue weighted by atomic mass is 9.90. The van der Waals surface area contributed by atoms with Gasteiger partial charge >= 0.3 is 0 Å². The highest BCUT2D eigenvalue weighted by Gasteiger charge is 2.33. The Hall–Kier alpha value is -0.120. The molecule has 1 saturated heterocycles. The van der Waals surface area contributed by atoms with E-state index in [1.54, 1.807) is 0 Å². The second-order valence-electron chi connectivity index (χ2n) is 6.92. The van der Waals surface area contributed by atoms with Gasteiger partial charge in [-0.3, -0.25) is 0 Å². The van der Waals surface area contributed by atoms with Crippen LogP contribution in [0.3, 0.4) is 0 Å². The number of nitrogens with one attached hydrogen (secondary N) is 1. The molecule has 1 heterocycles. The molecular weight excluding hydrogens is 248 g/mol. The highest BCUT2D eigenvalue weighted by Crippen LogP contribution is 2.27. The summed E-state index contributed by atoms with van der Waals surface area (Å²) in [7, 11) is 0. The molecule has 1 saturated carbocycles. The van der Waals surface area contributed by atoms with Crippen molar-refractivity contribution in [1.29, 1.82) is 0 Å². The first-order valence-corrected chi connectivity index (χ1v) is 8.89. The first kappa shape index (κ1) is 16.3. The summed E-state index contributed by atoms with van der Waals surface area (Å²) in [5.74, 6) is 0. The molecule has 3 nitrogen and oxygen atoms in total. The molecule has 2 aliphatic rings. The van der Waals surface area contributed by atoms with Crippen LogP contribution in [0.25, 0.3) is 0 Å². The van der Waals surface area contributed by atoms with Crippen molar-refractivity contribution in [2.24, 2.45) is 0 Å². The van der Waals surface area contributed by atoms with Crippen molar-refractivity contribution < 1.29 is 5.11 Å². The van der Waals surface area contributed by atoms with Crippen molar-refractivity contribution in [3.63, 3.8) is 0 Å². The summed E-state index contributed by atoms with van der Waals surface area (Å²) in [5.41, 5.74) is -0.0100. The van der Waals surface area contributed by atoms with E-state index >= 15 is 0 Å². The number of hydrogen-bond donors (Lipinski definition) is 2. The maximum absolute atomic E-state index is 9.80. The van der Waals surface area contributed by atoms with Gasteiger partial charge in [-0.05, 0) is 64.6 Å². The Morgan fingerprint density at radius 3 is 2.30 bits per heavy atom. The largest absolute Gasteiger partial charge is 0.394 e. The van der Waals surface area contributed by atoms with Gasteiger partial charge in [0.1, 0.15) is 0 Å². The second kappa shape index (κ2) is 8.35. The third kappa shape index (κ3) is 5.34. The summed E-state index contributed by atoms with van der Waals surface area (Å²) >= 11 is 0. The monoisotopic (exact) mass is 282 g/mol. The summed E-state index contributed by atoms with van der Waals surface area (Å²) in [4.78, 5) is 2.65. The molecule has 0 amide bonds. The number of likely N-dealkylation sites (tertiary alicyclic amines) is 1. The van der Waals surface area contributed by atoms with Gasteiger partial charge in [-0.2, -0.15) is 0 Å². The van der Waals surface area contributed by atoms with Crippen molar-refractivity contribution in [2.75, 3.05) is 26.2 Å². The molecule has 0 aromatic rings. The zero-order valence-electron chi connectivity index (χ0n) is 13.4. The van der Waals surface area contributed by atoms with Crippen LogP contribution in [0.4, 0.5) is 0 Å². The van der Waals surface area contributed by atoms with Crippen molar-refractivity contribution in [1.82, 2.24) is 10.2 Å². The maximum atomic E-state index is 9.80. The molecule has 3 heteroatoms. The second-order valence-corrected chi connectivity index (χ2v) is 6.92. The fraction of sp³-hybridized carbons (Fsp3) is 1.00. The van der Waals surface area contributed by atoms with Gasteiger partial charge in [0.05, 0.1) is 6.61 Å². The van der Waals surface area contributed by atoms with E-state index < -0.39 is 0 Å². The first-order valence-electron chi connectivity index (χ1n) is 8.89. The predicted octanol–water partition coefficient (Wildman–Crippen LogP) is 2.93. The molecule has 0 aromatic carbocycles. The summed E-state index contributed by atoms with van der Waals surface area (Å²) < 4.78 is 0. The SMILES string of the molecule is CCC(CO)(CCCN1CCCCCCC1)NC1CC1. The number of aliphatic hydroxyl groups excluding tert-OH is 1. The van der Waals surface area contributed by atoms with Gasteiger partial charge in [0.15, 0.2) is 0 Å². The minimum absolute atomic E-state index is 0.0100. The Kier molecular flexibility index (Phi) is 6.79. The Bertz CT molecular complexity index is 254. The molecule has 2 fully saturated rings. The zero-order chi connectivity index (χ0) is 14.3. The Balaban J connectivity index is 1.70. The van der Waals surface area contributed by atoms with Crippen molar-refractivity contribution in [3.05, 3.63) is 0 Å². The topological polar surface area (TPSA) is 35.5 Å². The third-order valence-corrected chi connectivity index (χ3v) is 5.15. The average Bonchev–Trinajstić information content (AvgIpc) is 3.23. The lowest BCUT2D eigenvalue weighted by molar-refractivity contribution is 0.135. The van der Waals surface area contributed by atoms with Crippen LogP contribution in [0.5, 0.6) is 0 Å². The van der Waals surface area contributed by atoms with E-state index in [-0.39, 0.29) is 5.54 Å². The van der Waals surface area contributed by atoms with E-state index in [0.29, 0.717) is 12.6 Å². The zero-order valence-corrected chi connectivity index (χ0v) is 13.4. The van der Waals surface area contributed by atoms with E-state index in [2.05, 4.69) is 17.1 Å². The van der Waals surface area contributed by atoms with Crippen LogP contribution in [0.15, 0.2) is 0 Å². The van der Waals surface area contributed by atoms with Gasteiger partial charge in [0.25, 0.3) is 0 Å². The van der Waals surface area contributed by atoms with Crippen LogP contribution in [-0.2, 0) is 0 Å². The Morgan fingerprint density at radius 1 is 1.10 bits per heavy atom. The highest BCUT2D eigenvalue weighted by atomic mass is 16.3. The normalized spacial score (nSPS) is 24.9. The molecule has 118 valence electrons. The van der Waals surface area contributed by atoms with Gasteiger partial charge in [0.2, 0.25) is 0 Å². The fourth-order valence-electron chi connectivity index (χ4n) is 3.43. The minimum Gasteiger partial charge on any atom is -0.394 e. The molecule has 2 rings (SSSR count). The Morgan fingerprint density at radius 2 is 1.75 bits per heavy atom. The molecule has 20 heavy (non-hydrogen) atoms. The predicted molar refractivity (Wildman–Crippen MR) is 85.0 cm³/mol. The van der Waals surface area contributed by atoms with Gasteiger partial charge in [0, 0.05) is 11.6 Å². The summed E-state index contributed by atoms with van der Waals surface area (Å²) in [5, 5.41) is 13.5. The molecule has 1 aliphatic carbocycles. The lowest BCUT2D eigenvalue weighted by Gasteiger charge is -2.33. The minimum atomic E-state index is -0.0100. The summed E-state index contributed by atoms with van der Waals surface area (Å²) in [6.07, 6.45) is 13.0. The van der Waals surface area contributed by atoms with Gasteiger partial charge in [-0.1, -0.05) is 26.2 Å². The van der Waals surface area contributed by atoms with Crippen molar-refractivity contribution in [3.8, 4) is 0 Å². The smallest absolute Gasteiger partial charge is 0.0613 e. The molecule has 1 atom stereocenters. The van der Waals surface area contributed by atoms with Gasteiger partial charge < -0.3 is 15.3 Å². The molecular formula is C17H34N2O. The Labute approximate surface area is 125 Å². The maximum Gasteiger partial charge on any atom is 0.0613 e. The molecule has 0 bridgehead atoms. The third-order valence-electron chi connectivity index (χ3n) is 5.15. The molecule has 0 spiro atoms. The first-order chi connectivity index (χ1) is 9.78. The number of aliphatic hydroxyl groups is 1. The van der Waals surface area contributed by atoms with E-state index in [4.69, 9.17) is 0 Å². The molecule has 0 radical (unpaired) electrons. The van der Waals surface area contributed by atoms with E-state index in [0.717, 1.165) is 12.8 Å². The summed E-state index contributed by atoms with van der Waals surface area (Å²) in [6, 6.07) is 0.684. The summed E-state index contributed by atoms with van der Waals surface area (Å²) in [6.45, 7) is 6.29. The number of nitrogens with zero attached hydrogens (tertiary/aromatic N) is 1. The fourth-order valence-corrected chi connectivity index (χ4v) is 3.43. The van der Waals surface area contributed by atoms with E-state index in [1.807, 2.05) is 0 Å². The molecule has 0 aromatic heterocycles. The van der Waals surface area contributed by atoms with Gasteiger partial charge in [-0.25, -0.2) is 0 Å². The quantitative estimate of drug-likeness (QED) is 0.718.